The van der Waals surface area contributed by atoms with Gasteiger partial charge in [-0.1, -0.05) is 18.5 Å². The Balaban J connectivity index is 3.35. The summed E-state index contributed by atoms with van der Waals surface area (Å²) in [7, 11) is -4.63. The van der Waals surface area contributed by atoms with E-state index in [1.54, 1.807) is 0 Å². The smallest absolute Gasteiger partial charge is 0.402 e. The molecule has 0 bridgehead atoms. The first-order valence-corrected chi connectivity index (χ1v) is 7.88. The standard InChI is InChI=1S/C12H13ClF3NO4S/c1-2-10(11(18)19)17(7-12(14,15)16)22(20,21)9-5-3-8(13)4-6-9/h3-6,10H,2,7H2,1H3,(H,18,19). The van der Waals surface area contributed by atoms with Crippen LogP contribution < -0.4 is 0 Å². The van der Waals surface area contributed by atoms with Crippen LogP contribution in [-0.4, -0.2) is 42.6 Å². The van der Waals surface area contributed by atoms with Crippen LogP contribution in [0.3, 0.4) is 0 Å². The lowest BCUT2D eigenvalue weighted by Crippen LogP contribution is -2.48. The maximum Gasteiger partial charge on any atom is 0.402 e. The van der Waals surface area contributed by atoms with Gasteiger partial charge in [0, 0.05) is 5.02 Å². The van der Waals surface area contributed by atoms with E-state index in [1.807, 2.05) is 0 Å². The third-order valence-corrected chi connectivity index (χ3v) is 4.90. The van der Waals surface area contributed by atoms with Crippen molar-refractivity contribution in [2.45, 2.75) is 30.5 Å². The Morgan fingerprint density at radius 3 is 2.18 bits per heavy atom. The molecule has 0 heterocycles. The van der Waals surface area contributed by atoms with E-state index < -0.39 is 39.7 Å². The van der Waals surface area contributed by atoms with Crippen molar-refractivity contribution in [3.63, 3.8) is 0 Å². The molecule has 1 rings (SSSR count). The highest BCUT2D eigenvalue weighted by molar-refractivity contribution is 7.89. The second-order valence-corrected chi connectivity index (χ2v) is 6.71. The van der Waals surface area contributed by atoms with Crippen molar-refractivity contribution in [3.05, 3.63) is 29.3 Å². The van der Waals surface area contributed by atoms with Crippen LogP contribution in [0.2, 0.25) is 5.02 Å². The molecule has 1 unspecified atom stereocenters. The van der Waals surface area contributed by atoms with Gasteiger partial charge < -0.3 is 5.11 Å². The lowest BCUT2D eigenvalue weighted by molar-refractivity contribution is -0.152. The predicted molar refractivity (Wildman–Crippen MR) is 73.1 cm³/mol. The number of carbonyl (C=O) groups is 1. The molecule has 5 nitrogen and oxygen atoms in total. The van der Waals surface area contributed by atoms with E-state index in [4.69, 9.17) is 16.7 Å². The van der Waals surface area contributed by atoms with Crippen LogP contribution in [0.25, 0.3) is 0 Å². The second-order valence-electron chi connectivity index (χ2n) is 4.38. The Hall–Kier alpha value is -1.32. The van der Waals surface area contributed by atoms with Gasteiger partial charge >= 0.3 is 12.1 Å². The van der Waals surface area contributed by atoms with Gasteiger partial charge in [0.2, 0.25) is 10.0 Å². The molecule has 1 atom stereocenters. The fourth-order valence-corrected chi connectivity index (χ4v) is 3.55. The van der Waals surface area contributed by atoms with Crippen molar-refractivity contribution in [2.24, 2.45) is 0 Å². The molecule has 1 aromatic rings. The van der Waals surface area contributed by atoms with Gasteiger partial charge in [0.05, 0.1) is 4.90 Å². The van der Waals surface area contributed by atoms with E-state index in [2.05, 4.69) is 0 Å². The normalized spacial score (nSPS) is 14.1. The van der Waals surface area contributed by atoms with Crippen LogP contribution in [0, 0.1) is 0 Å². The van der Waals surface area contributed by atoms with Crippen LogP contribution in [-0.2, 0) is 14.8 Å². The van der Waals surface area contributed by atoms with Gasteiger partial charge in [-0.3, -0.25) is 4.79 Å². The monoisotopic (exact) mass is 359 g/mol. The number of aliphatic carboxylic acids is 1. The van der Waals surface area contributed by atoms with E-state index in [9.17, 15) is 26.4 Å². The molecule has 1 aromatic carbocycles. The number of sulfonamides is 1. The highest BCUT2D eigenvalue weighted by Crippen LogP contribution is 2.26. The molecular weight excluding hydrogens is 347 g/mol. The minimum Gasteiger partial charge on any atom is -0.480 e. The van der Waals surface area contributed by atoms with Crippen LogP contribution in [0.15, 0.2) is 29.2 Å². The third kappa shape index (κ3) is 4.59. The van der Waals surface area contributed by atoms with Gasteiger partial charge in [-0.2, -0.15) is 17.5 Å². The molecular formula is C12H13ClF3NO4S. The Morgan fingerprint density at radius 2 is 1.82 bits per heavy atom. The zero-order chi connectivity index (χ0) is 17.1. The highest BCUT2D eigenvalue weighted by atomic mass is 35.5. The number of alkyl halides is 3. The van der Waals surface area contributed by atoms with Gasteiger partial charge in [-0.05, 0) is 30.7 Å². The van der Waals surface area contributed by atoms with E-state index in [-0.39, 0.29) is 15.7 Å². The summed E-state index contributed by atoms with van der Waals surface area (Å²) < 4.78 is 62.6. The van der Waals surface area contributed by atoms with Crippen molar-refractivity contribution < 1.29 is 31.5 Å². The van der Waals surface area contributed by atoms with Crippen LogP contribution in [0.4, 0.5) is 13.2 Å². The van der Waals surface area contributed by atoms with Crippen molar-refractivity contribution in [1.29, 1.82) is 0 Å². The van der Waals surface area contributed by atoms with E-state index in [0.717, 1.165) is 12.1 Å². The summed E-state index contributed by atoms with van der Waals surface area (Å²) >= 11 is 5.61. The number of carboxylic acid groups (broad SMARTS) is 1. The average Bonchev–Trinajstić information content (AvgIpc) is 2.37. The van der Waals surface area contributed by atoms with Gasteiger partial charge in [0.15, 0.2) is 0 Å². The molecule has 0 aliphatic carbocycles. The fourth-order valence-electron chi connectivity index (χ4n) is 1.78. The largest absolute Gasteiger partial charge is 0.480 e. The van der Waals surface area contributed by atoms with E-state index >= 15 is 0 Å². The summed E-state index contributed by atoms with van der Waals surface area (Å²) in [4.78, 5) is 10.6. The van der Waals surface area contributed by atoms with Gasteiger partial charge in [-0.25, -0.2) is 8.42 Å². The van der Waals surface area contributed by atoms with Crippen molar-refractivity contribution in [2.75, 3.05) is 6.54 Å². The molecule has 0 aliphatic heterocycles. The SMILES string of the molecule is CCC(C(=O)O)N(CC(F)(F)F)S(=O)(=O)c1ccc(Cl)cc1. The fraction of sp³-hybridized carbons (Fsp3) is 0.417. The number of hydrogen-bond acceptors (Lipinski definition) is 3. The molecule has 124 valence electrons. The van der Waals surface area contributed by atoms with Gasteiger partial charge in [0.1, 0.15) is 12.6 Å². The molecule has 0 aliphatic rings. The number of halogens is 4. The first kappa shape index (κ1) is 18.7. The quantitative estimate of drug-likeness (QED) is 0.847. The lowest BCUT2D eigenvalue weighted by Gasteiger charge is -2.28. The number of benzene rings is 1. The molecule has 0 fully saturated rings. The molecule has 22 heavy (non-hydrogen) atoms. The lowest BCUT2D eigenvalue weighted by atomic mass is 10.2. The minimum absolute atomic E-state index is 0.0570. The predicted octanol–water partition coefficient (Wildman–Crippen LogP) is 2.76. The highest BCUT2D eigenvalue weighted by Gasteiger charge is 2.42. The van der Waals surface area contributed by atoms with Crippen LogP contribution >= 0.6 is 11.6 Å². The van der Waals surface area contributed by atoms with E-state index in [0.29, 0.717) is 0 Å². The zero-order valence-corrected chi connectivity index (χ0v) is 12.9. The molecule has 0 spiro atoms. The Kier molecular flexibility index (Phi) is 5.82. The molecule has 0 radical (unpaired) electrons. The van der Waals surface area contributed by atoms with Crippen LogP contribution in [0.5, 0.6) is 0 Å². The summed E-state index contributed by atoms with van der Waals surface area (Å²) in [6.07, 6.45) is -5.18. The Labute approximate surface area is 130 Å². The maximum atomic E-state index is 12.7. The minimum atomic E-state index is -4.87. The third-order valence-electron chi connectivity index (χ3n) is 2.77. The summed E-state index contributed by atoms with van der Waals surface area (Å²) in [5, 5.41) is 9.20. The summed E-state index contributed by atoms with van der Waals surface area (Å²) in [5.74, 6) is -1.65. The second kappa shape index (κ2) is 6.84. The summed E-state index contributed by atoms with van der Waals surface area (Å²) in [5.41, 5.74) is 0. The average molecular weight is 360 g/mol. The first-order valence-electron chi connectivity index (χ1n) is 6.06. The van der Waals surface area contributed by atoms with Crippen molar-refractivity contribution in [3.8, 4) is 0 Å². The van der Waals surface area contributed by atoms with Crippen molar-refractivity contribution in [1.82, 2.24) is 4.31 Å². The Bertz CT molecular complexity index is 631. The van der Waals surface area contributed by atoms with Crippen LogP contribution in [0.1, 0.15) is 13.3 Å². The first-order chi connectivity index (χ1) is 9.99. The number of hydrogen-bond donors (Lipinski definition) is 1. The van der Waals surface area contributed by atoms with Gasteiger partial charge in [0.25, 0.3) is 0 Å². The summed E-state index contributed by atoms with van der Waals surface area (Å²) in [6, 6.07) is 2.62. The van der Waals surface area contributed by atoms with E-state index in [1.165, 1.54) is 19.1 Å². The zero-order valence-electron chi connectivity index (χ0n) is 11.3. The van der Waals surface area contributed by atoms with Crippen molar-refractivity contribution >= 4 is 27.6 Å². The molecule has 10 heteroatoms. The molecule has 1 N–H and O–H groups in total. The number of rotatable bonds is 6. The topological polar surface area (TPSA) is 74.7 Å². The maximum absolute atomic E-state index is 12.7. The Morgan fingerprint density at radius 1 is 1.32 bits per heavy atom. The summed E-state index contributed by atoms with van der Waals surface area (Å²) in [6.45, 7) is -0.595. The van der Waals surface area contributed by atoms with Gasteiger partial charge in [-0.15, -0.1) is 0 Å². The number of carboxylic acids is 1. The molecule has 0 amide bonds. The molecule has 0 saturated heterocycles. The molecule has 0 aromatic heterocycles. The number of nitrogens with zero attached hydrogens (tertiary/aromatic N) is 1. The molecule has 0 saturated carbocycles.